The Morgan fingerprint density at radius 2 is 2.00 bits per heavy atom. The van der Waals surface area contributed by atoms with Gasteiger partial charge in [-0.3, -0.25) is 4.98 Å². The normalized spacial score (nSPS) is 18.2. The van der Waals surface area contributed by atoms with E-state index >= 15 is 0 Å². The molecule has 0 spiro atoms. The summed E-state index contributed by atoms with van der Waals surface area (Å²) in [6.45, 7) is 0.469. The van der Waals surface area contributed by atoms with Crippen LogP contribution in [0.25, 0.3) is 0 Å². The van der Waals surface area contributed by atoms with Crippen molar-refractivity contribution in [1.29, 1.82) is 0 Å². The van der Waals surface area contributed by atoms with Crippen molar-refractivity contribution in [2.75, 3.05) is 33.4 Å². The molecule has 0 unspecified atom stereocenters. The number of hydrogen-bond acceptors (Lipinski definition) is 5. The molecule has 20 heavy (non-hydrogen) atoms. The number of aromatic nitrogens is 1. The molecule has 2 N–H and O–H groups in total. The lowest BCUT2D eigenvalue weighted by Crippen LogP contribution is -2.57. The molecular weight excluding hydrogens is 276 g/mol. The number of nitrogens with zero attached hydrogens (tertiary/aromatic N) is 3. The van der Waals surface area contributed by atoms with Crippen LogP contribution in [-0.4, -0.2) is 55.8 Å². The second kappa shape index (κ2) is 5.31. The van der Waals surface area contributed by atoms with Crippen molar-refractivity contribution in [3.8, 4) is 0 Å². The van der Waals surface area contributed by atoms with Crippen LogP contribution in [0.5, 0.6) is 0 Å². The van der Waals surface area contributed by atoms with Crippen LogP contribution in [0.4, 0.5) is 5.69 Å². The molecule has 0 amide bonds. The number of nitrogen functional groups attached to an aromatic ring is 1. The Hall–Kier alpha value is -1.18. The van der Waals surface area contributed by atoms with Crippen molar-refractivity contribution in [3.05, 3.63) is 18.5 Å². The largest absolute Gasteiger partial charge is 0.398 e. The Morgan fingerprint density at radius 3 is 2.45 bits per heavy atom. The second-order valence-electron chi connectivity index (χ2n) is 5.65. The fraction of sp³-hybridized carbons (Fsp3) is 0.615. The van der Waals surface area contributed by atoms with Gasteiger partial charge in [-0.2, -0.15) is 4.31 Å². The third-order valence-corrected chi connectivity index (χ3v) is 6.10. The molecule has 1 aromatic rings. The van der Waals surface area contributed by atoms with Gasteiger partial charge in [-0.1, -0.05) is 0 Å². The number of anilines is 1. The summed E-state index contributed by atoms with van der Waals surface area (Å²) in [5.41, 5.74) is 5.94. The van der Waals surface area contributed by atoms with Gasteiger partial charge in [0.2, 0.25) is 10.0 Å². The van der Waals surface area contributed by atoms with Gasteiger partial charge < -0.3 is 10.6 Å². The van der Waals surface area contributed by atoms with E-state index in [1.165, 1.54) is 22.8 Å². The van der Waals surface area contributed by atoms with Crippen molar-refractivity contribution in [2.24, 2.45) is 0 Å². The highest BCUT2D eigenvalue weighted by molar-refractivity contribution is 7.89. The molecule has 7 heteroatoms. The summed E-state index contributed by atoms with van der Waals surface area (Å²) in [4.78, 5) is 6.06. The van der Waals surface area contributed by atoms with Gasteiger partial charge in [0.25, 0.3) is 0 Å². The first kappa shape index (κ1) is 15.2. The summed E-state index contributed by atoms with van der Waals surface area (Å²) < 4.78 is 26.5. The molecule has 1 aliphatic carbocycles. The first-order valence-corrected chi connectivity index (χ1v) is 8.07. The lowest BCUT2D eigenvalue weighted by Gasteiger charge is -2.48. The highest BCUT2D eigenvalue weighted by Gasteiger charge is 2.42. The fourth-order valence-corrected chi connectivity index (χ4v) is 3.91. The van der Waals surface area contributed by atoms with E-state index in [4.69, 9.17) is 5.73 Å². The quantitative estimate of drug-likeness (QED) is 0.868. The summed E-state index contributed by atoms with van der Waals surface area (Å²) in [7, 11) is 2.01. The third-order valence-electron chi connectivity index (χ3n) is 4.25. The van der Waals surface area contributed by atoms with Gasteiger partial charge >= 0.3 is 0 Å². The fourth-order valence-electron chi connectivity index (χ4n) is 2.61. The topological polar surface area (TPSA) is 79.5 Å². The maximum atomic E-state index is 12.6. The van der Waals surface area contributed by atoms with E-state index in [1.54, 1.807) is 7.05 Å². The number of rotatable bonds is 5. The Balaban J connectivity index is 2.24. The third kappa shape index (κ3) is 2.53. The van der Waals surface area contributed by atoms with Gasteiger partial charge in [0, 0.05) is 31.5 Å². The van der Waals surface area contributed by atoms with Gasteiger partial charge in [-0.05, 0) is 39.4 Å². The van der Waals surface area contributed by atoms with Crippen molar-refractivity contribution in [2.45, 2.75) is 29.7 Å². The molecule has 2 rings (SSSR count). The molecular formula is C13H22N4O2S. The minimum atomic E-state index is -3.59. The van der Waals surface area contributed by atoms with Crippen LogP contribution in [0, 0.1) is 0 Å². The number of hydrogen-bond donors (Lipinski definition) is 1. The maximum absolute atomic E-state index is 12.6. The van der Waals surface area contributed by atoms with E-state index in [0.717, 1.165) is 19.3 Å². The predicted molar refractivity (Wildman–Crippen MR) is 78.7 cm³/mol. The zero-order valence-corrected chi connectivity index (χ0v) is 13.0. The monoisotopic (exact) mass is 298 g/mol. The lowest BCUT2D eigenvalue weighted by atomic mass is 9.75. The van der Waals surface area contributed by atoms with Crippen molar-refractivity contribution in [3.63, 3.8) is 0 Å². The summed E-state index contributed by atoms with van der Waals surface area (Å²) in [6.07, 6.45) is 5.97. The van der Waals surface area contributed by atoms with Crippen LogP contribution in [0.1, 0.15) is 19.3 Å². The zero-order chi connectivity index (χ0) is 15.0. The number of sulfonamides is 1. The van der Waals surface area contributed by atoms with E-state index in [0.29, 0.717) is 6.54 Å². The van der Waals surface area contributed by atoms with E-state index in [2.05, 4.69) is 9.88 Å². The highest BCUT2D eigenvalue weighted by atomic mass is 32.2. The van der Waals surface area contributed by atoms with Gasteiger partial charge in [0.15, 0.2) is 0 Å². The van der Waals surface area contributed by atoms with Crippen molar-refractivity contribution >= 4 is 15.7 Å². The van der Waals surface area contributed by atoms with E-state index in [1.807, 2.05) is 14.1 Å². The Morgan fingerprint density at radius 1 is 1.35 bits per heavy atom. The standard InChI is InChI=1S/C13H22N4O2S/c1-16(2)13(6-4-7-13)10-17(3)20(18,19)12-9-15-8-5-11(12)14/h5,8-9H,4,6-7,10H2,1-3H3,(H2,14,15). The molecule has 1 heterocycles. The van der Waals surface area contributed by atoms with Gasteiger partial charge in [0.05, 0.1) is 5.69 Å². The average Bonchev–Trinajstić information content (AvgIpc) is 2.33. The van der Waals surface area contributed by atoms with Gasteiger partial charge in [-0.15, -0.1) is 0 Å². The predicted octanol–water partition coefficient (Wildman–Crippen LogP) is 0.769. The Kier molecular flexibility index (Phi) is 4.04. The summed E-state index contributed by atoms with van der Waals surface area (Å²) in [5, 5.41) is 0. The molecule has 0 aromatic carbocycles. The molecule has 1 fully saturated rings. The molecule has 6 nitrogen and oxygen atoms in total. The van der Waals surface area contributed by atoms with Gasteiger partial charge in [0.1, 0.15) is 4.90 Å². The van der Waals surface area contributed by atoms with Crippen LogP contribution >= 0.6 is 0 Å². The van der Waals surface area contributed by atoms with Crippen molar-refractivity contribution < 1.29 is 8.42 Å². The van der Waals surface area contributed by atoms with Crippen LogP contribution in [-0.2, 0) is 10.0 Å². The van der Waals surface area contributed by atoms with E-state index in [9.17, 15) is 8.42 Å². The first-order valence-electron chi connectivity index (χ1n) is 6.63. The lowest BCUT2D eigenvalue weighted by molar-refractivity contribution is 0.0455. The van der Waals surface area contributed by atoms with E-state index < -0.39 is 10.0 Å². The number of pyridine rings is 1. The summed E-state index contributed by atoms with van der Waals surface area (Å²) in [6, 6.07) is 1.51. The summed E-state index contributed by atoms with van der Waals surface area (Å²) >= 11 is 0. The molecule has 1 saturated carbocycles. The molecule has 1 aliphatic rings. The highest BCUT2D eigenvalue weighted by Crippen LogP contribution is 2.37. The number of nitrogens with two attached hydrogens (primary N) is 1. The number of likely N-dealkylation sites (N-methyl/N-ethyl adjacent to an activating group) is 2. The van der Waals surface area contributed by atoms with Crippen LogP contribution < -0.4 is 5.73 Å². The molecule has 0 aliphatic heterocycles. The molecule has 0 atom stereocenters. The van der Waals surface area contributed by atoms with Crippen molar-refractivity contribution in [1.82, 2.24) is 14.2 Å². The Labute approximate surface area is 120 Å². The van der Waals surface area contributed by atoms with Gasteiger partial charge in [-0.25, -0.2) is 8.42 Å². The minimum Gasteiger partial charge on any atom is -0.398 e. The van der Waals surface area contributed by atoms with Crippen LogP contribution in [0.2, 0.25) is 0 Å². The van der Waals surface area contributed by atoms with E-state index in [-0.39, 0.29) is 16.1 Å². The molecule has 1 aromatic heterocycles. The summed E-state index contributed by atoms with van der Waals surface area (Å²) in [5.74, 6) is 0. The van der Waals surface area contributed by atoms with Crippen LogP contribution in [0.3, 0.4) is 0 Å². The molecule has 0 radical (unpaired) electrons. The van der Waals surface area contributed by atoms with Crippen LogP contribution in [0.15, 0.2) is 23.4 Å². The average molecular weight is 298 g/mol. The molecule has 0 saturated heterocycles. The Bertz CT molecular complexity index is 582. The minimum absolute atomic E-state index is 0.0568. The first-order chi connectivity index (χ1) is 9.29. The smallest absolute Gasteiger partial charge is 0.246 e. The second-order valence-corrected chi connectivity index (χ2v) is 7.66. The zero-order valence-electron chi connectivity index (χ0n) is 12.2. The SMILES string of the molecule is CN(C)C1(CN(C)S(=O)(=O)c2cnccc2N)CCC1. The molecule has 112 valence electrons. The maximum Gasteiger partial charge on any atom is 0.246 e. The molecule has 0 bridgehead atoms.